The Hall–Kier alpha value is -3.06. The number of aliphatic hydroxyl groups excluding tert-OH is 1. The molecular formula is C26H22Cl2O6. The number of aliphatic hydroxyl groups is 1. The quantitative estimate of drug-likeness (QED) is 0.346. The minimum absolute atomic E-state index is 0.113. The second-order valence-corrected chi connectivity index (χ2v) is 8.79. The van der Waals surface area contributed by atoms with Crippen LogP contribution in [0.4, 0.5) is 0 Å². The molecule has 1 aliphatic heterocycles. The van der Waals surface area contributed by atoms with E-state index in [1.165, 1.54) is 0 Å². The summed E-state index contributed by atoms with van der Waals surface area (Å²) in [5, 5.41) is 20.5. The zero-order valence-electron chi connectivity index (χ0n) is 18.0. The van der Waals surface area contributed by atoms with Crippen LogP contribution in [-0.2, 0) is 4.79 Å². The lowest BCUT2D eigenvalue weighted by Crippen LogP contribution is -2.20. The van der Waals surface area contributed by atoms with E-state index in [0.717, 1.165) is 0 Å². The van der Waals surface area contributed by atoms with Crippen molar-refractivity contribution in [3.05, 3.63) is 87.4 Å². The van der Waals surface area contributed by atoms with Gasteiger partial charge in [0.15, 0.2) is 5.78 Å². The van der Waals surface area contributed by atoms with E-state index in [1.807, 2.05) is 0 Å². The van der Waals surface area contributed by atoms with E-state index in [0.29, 0.717) is 52.0 Å². The molecule has 3 aromatic rings. The van der Waals surface area contributed by atoms with Crippen LogP contribution < -0.4 is 9.47 Å². The maximum absolute atomic E-state index is 12.6. The standard InChI is InChI=1S/C26H22Cl2O6/c27-20-4-2-1-3-18(20)23(30)10-9-22(29)15-5-7-16(8-6-15)34-25-14-24-19(13-21(25)28)17(26(31)32)11-12-33-24/h1-8,13-14,17,23,30H,9-12H2,(H,31,32). The molecule has 8 heteroatoms. The number of benzene rings is 3. The zero-order valence-corrected chi connectivity index (χ0v) is 19.6. The fourth-order valence-electron chi connectivity index (χ4n) is 3.87. The third-order valence-electron chi connectivity index (χ3n) is 5.72. The fraction of sp³-hybridized carbons (Fsp3) is 0.231. The average molecular weight is 501 g/mol. The van der Waals surface area contributed by atoms with Gasteiger partial charge in [-0.1, -0.05) is 41.4 Å². The Morgan fingerprint density at radius 2 is 1.79 bits per heavy atom. The van der Waals surface area contributed by atoms with Crippen molar-refractivity contribution in [3.8, 4) is 17.2 Å². The molecule has 0 fully saturated rings. The van der Waals surface area contributed by atoms with Crippen molar-refractivity contribution >= 4 is 35.0 Å². The molecule has 176 valence electrons. The first-order chi connectivity index (χ1) is 16.3. The Morgan fingerprint density at radius 1 is 1.06 bits per heavy atom. The number of carboxylic acids is 1. The molecule has 0 saturated carbocycles. The fourth-order valence-corrected chi connectivity index (χ4v) is 4.35. The molecule has 0 saturated heterocycles. The monoisotopic (exact) mass is 500 g/mol. The molecule has 34 heavy (non-hydrogen) atoms. The molecule has 2 N–H and O–H groups in total. The molecule has 0 radical (unpaired) electrons. The van der Waals surface area contributed by atoms with Gasteiger partial charge in [0.2, 0.25) is 0 Å². The highest BCUT2D eigenvalue weighted by atomic mass is 35.5. The number of fused-ring (bicyclic) bond motifs is 1. The second kappa shape index (κ2) is 10.5. The normalized spacial score (nSPS) is 15.7. The van der Waals surface area contributed by atoms with Crippen LogP contribution in [0.5, 0.6) is 17.2 Å². The maximum atomic E-state index is 12.6. The Labute approximate surface area is 206 Å². The van der Waals surface area contributed by atoms with Crippen LogP contribution in [0.2, 0.25) is 10.0 Å². The lowest BCUT2D eigenvalue weighted by atomic mass is 9.93. The SMILES string of the molecule is O=C(CCC(O)c1ccccc1Cl)c1ccc(Oc2cc3c(cc2Cl)C(C(=O)O)CCO3)cc1. The van der Waals surface area contributed by atoms with Gasteiger partial charge in [-0.25, -0.2) is 0 Å². The first kappa shape index (κ1) is 24.1. The van der Waals surface area contributed by atoms with Gasteiger partial charge in [-0.05, 0) is 54.8 Å². The molecule has 3 aromatic carbocycles. The topological polar surface area (TPSA) is 93.1 Å². The predicted octanol–water partition coefficient (Wildman–Crippen LogP) is 6.43. The minimum Gasteiger partial charge on any atom is -0.493 e. The highest BCUT2D eigenvalue weighted by Crippen LogP contribution is 2.41. The summed E-state index contributed by atoms with van der Waals surface area (Å²) in [6.07, 6.45) is -0.0350. The lowest BCUT2D eigenvalue weighted by Gasteiger charge is -2.24. The van der Waals surface area contributed by atoms with Gasteiger partial charge in [0.25, 0.3) is 0 Å². The highest BCUT2D eigenvalue weighted by molar-refractivity contribution is 6.32. The van der Waals surface area contributed by atoms with Crippen LogP contribution in [0, 0.1) is 0 Å². The Balaban J connectivity index is 1.41. The smallest absolute Gasteiger partial charge is 0.311 e. The van der Waals surface area contributed by atoms with Crippen molar-refractivity contribution in [2.45, 2.75) is 31.3 Å². The first-order valence-corrected chi connectivity index (χ1v) is 11.5. The number of carboxylic acid groups (broad SMARTS) is 1. The van der Waals surface area contributed by atoms with Gasteiger partial charge in [-0.3, -0.25) is 9.59 Å². The summed E-state index contributed by atoms with van der Waals surface area (Å²) in [5.74, 6) is -0.487. The molecule has 1 heterocycles. The molecule has 0 amide bonds. The van der Waals surface area contributed by atoms with E-state index in [2.05, 4.69) is 0 Å². The summed E-state index contributed by atoms with van der Waals surface area (Å²) in [6, 6.07) is 16.7. The van der Waals surface area contributed by atoms with E-state index >= 15 is 0 Å². The zero-order chi connectivity index (χ0) is 24.2. The highest BCUT2D eigenvalue weighted by Gasteiger charge is 2.29. The van der Waals surface area contributed by atoms with Crippen LogP contribution in [0.3, 0.4) is 0 Å². The molecule has 2 unspecified atom stereocenters. The number of carbonyl (C=O) groups is 2. The molecule has 0 bridgehead atoms. The van der Waals surface area contributed by atoms with Crippen LogP contribution in [0.25, 0.3) is 0 Å². The molecular weight excluding hydrogens is 479 g/mol. The Bertz CT molecular complexity index is 1210. The van der Waals surface area contributed by atoms with Crippen molar-refractivity contribution in [3.63, 3.8) is 0 Å². The van der Waals surface area contributed by atoms with Crippen molar-refractivity contribution in [1.82, 2.24) is 0 Å². The van der Waals surface area contributed by atoms with Gasteiger partial charge >= 0.3 is 5.97 Å². The number of hydrogen-bond donors (Lipinski definition) is 2. The molecule has 6 nitrogen and oxygen atoms in total. The minimum atomic E-state index is -0.922. The predicted molar refractivity (Wildman–Crippen MR) is 128 cm³/mol. The summed E-state index contributed by atoms with van der Waals surface area (Å²) in [5.41, 5.74) is 1.61. The number of halogens is 2. The third-order valence-corrected chi connectivity index (χ3v) is 6.35. The van der Waals surface area contributed by atoms with Crippen molar-refractivity contribution < 1.29 is 29.3 Å². The summed E-state index contributed by atoms with van der Waals surface area (Å²) in [4.78, 5) is 24.0. The molecule has 4 rings (SSSR count). The largest absolute Gasteiger partial charge is 0.493 e. The van der Waals surface area contributed by atoms with Gasteiger partial charge in [0.1, 0.15) is 17.2 Å². The second-order valence-electron chi connectivity index (χ2n) is 7.97. The average Bonchev–Trinajstić information content (AvgIpc) is 2.83. The Morgan fingerprint density at radius 3 is 2.50 bits per heavy atom. The van der Waals surface area contributed by atoms with Crippen molar-refractivity contribution in [1.29, 1.82) is 0 Å². The van der Waals surface area contributed by atoms with Gasteiger partial charge in [-0.15, -0.1) is 0 Å². The molecule has 0 spiro atoms. The maximum Gasteiger partial charge on any atom is 0.311 e. The Kier molecular flexibility index (Phi) is 7.41. The van der Waals surface area contributed by atoms with E-state index in [-0.39, 0.29) is 23.6 Å². The first-order valence-electron chi connectivity index (χ1n) is 10.8. The molecule has 2 atom stereocenters. The number of carbonyl (C=O) groups excluding carboxylic acids is 1. The van der Waals surface area contributed by atoms with Gasteiger partial charge in [-0.2, -0.15) is 0 Å². The van der Waals surface area contributed by atoms with E-state index in [4.69, 9.17) is 32.7 Å². The van der Waals surface area contributed by atoms with Crippen LogP contribution in [-0.4, -0.2) is 28.6 Å². The lowest BCUT2D eigenvalue weighted by molar-refractivity contribution is -0.139. The van der Waals surface area contributed by atoms with E-state index in [9.17, 15) is 19.8 Å². The van der Waals surface area contributed by atoms with E-state index in [1.54, 1.807) is 60.7 Å². The van der Waals surface area contributed by atoms with E-state index < -0.39 is 18.0 Å². The van der Waals surface area contributed by atoms with Crippen molar-refractivity contribution in [2.75, 3.05) is 6.61 Å². The molecule has 1 aliphatic rings. The van der Waals surface area contributed by atoms with Gasteiger partial charge < -0.3 is 19.7 Å². The van der Waals surface area contributed by atoms with Crippen LogP contribution in [0.15, 0.2) is 60.7 Å². The molecule has 0 aromatic heterocycles. The van der Waals surface area contributed by atoms with Gasteiger partial charge in [0, 0.05) is 28.6 Å². The number of ether oxygens (including phenoxy) is 2. The molecule has 0 aliphatic carbocycles. The summed E-state index contributed by atoms with van der Waals surface area (Å²) in [6.45, 7) is 0.299. The van der Waals surface area contributed by atoms with Gasteiger partial charge in [0.05, 0.1) is 23.7 Å². The number of aliphatic carboxylic acids is 1. The third kappa shape index (κ3) is 5.36. The summed E-state index contributed by atoms with van der Waals surface area (Å²) in [7, 11) is 0. The number of hydrogen-bond acceptors (Lipinski definition) is 5. The van der Waals surface area contributed by atoms with Crippen molar-refractivity contribution in [2.24, 2.45) is 0 Å². The number of ketones is 1. The van der Waals surface area contributed by atoms with Crippen LogP contribution in [0.1, 0.15) is 52.8 Å². The van der Waals surface area contributed by atoms with Crippen LogP contribution >= 0.6 is 23.2 Å². The summed E-state index contributed by atoms with van der Waals surface area (Å²) >= 11 is 12.4. The number of rotatable bonds is 8. The number of Topliss-reactive ketones (excluding diaryl/α,β-unsaturated/α-hetero) is 1. The summed E-state index contributed by atoms with van der Waals surface area (Å²) < 4.78 is 11.4.